The van der Waals surface area contributed by atoms with Crippen molar-refractivity contribution in [2.45, 2.75) is 26.9 Å². The molecule has 0 amide bonds. The Labute approximate surface area is 114 Å². The number of aromatic nitrogens is 1. The number of fused-ring (bicyclic) bond motifs is 1. The van der Waals surface area contributed by atoms with Crippen molar-refractivity contribution < 1.29 is 6.63 Å². The van der Waals surface area contributed by atoms with Crippen LogP contribution in [0.15, 0.2) is 30.5 Å². The van der Waals surface area contributed by atoms with E-state index in [0.29, 0.717) is 0 Å². The van der Waals surface area contributed by atoms with Crippen LogP contribution in [-0.4, -0.2) is 16.3 Å². The number of nitrogens with one attached hydrogen (secondary N) is 1. The van der Waals surface area contributed by atoms with E-state index in [1.165, 1.54) is 11.4 Å². The van der Waals surface area contributed by atoms with Crippen LogP contribution >= 0.6 is 0 Å². The van der Waals surface area contributed by atoms with Crippen molar-refractivity contribution in [1.29, 1.82) is 0 Å². The summed E-state index contributed by atoms with van der Waals surface area (Å²) in [6.07, 6.45) is 2.14. The highest BCUT2D eigenvalue weighted by atomic mass is 16.5. The molecule has 0 radical (unpaired) electrons. The fourth-order valence-electron chi connectivity index (χ4n) is 2.83. The second-order valence-corrected chi connectivity index (χ2v) is 5.18. The van der Waals surface area contributed by atoms with Gasteiger partial charge in [0.25, 0.3) is 0 Å². The number of rotatable bonds is 2. The molecule has 2 N–H and O–H groups in total. The molecule has 0 atom stereocenters. The molecule has 0 saturated heterocycles. The van der Waals surface area contributed by atoms with Gasteiger partial charge in [0.05, 0.1) is 12.2 Å². The maximum absolute atomic E-state index is 9.14. The van der Waals surface area contributed by atoms with Gasteiger partial charge in [0.15, 0.2) is 0 Å². The van der Waals surface area contributed by atoms with Crippen LogP contribution in [0.1, 0.15) is 18.2 Å². The third-order valence-corrected chi connectivity index (χ3v) is 3.88. The summed E-state index contributed by atoms with van der Waals surface area (Å²) < 4.78 is 2.31. The maximum Gasteiger partial charge on any atom is 0.0661 e. The summed E-state index contributed by atoms with van der Waals surface area (Å²) in [6.45, 7) is 7.02. The smallest absolute Gasteiger partial charge is 0.0661 e. The molecular formula is C15H21N3O. The van der Waals surface area contributed by atoms with Crippen molar-refractivity contribution in [3.63, 3.8) is 0 Å². The minimum absolute atomic E-state index is 0. The van der Waals surface area contributed by atoms with E-state index in [4.69, 9.17) is 5.21 Å². The molecular weight excluding hydrogens is 238 g/mol. The van der Waals surface area contributed by atoms with Crippen molar-refractivity contribution in [3.05, 3.63) is 47.3 Å². The molecule has 1 aromatic carbocycles. The molecule has 3 rings (SSSR count). The summed E-state index contributed by atoms with van der Waals surface area (Å²) in [5.41, 5.74) is 7.80. The lowest BCUT2D eigenvalue weighted by Gasteiger charge is -2.31. The predicted octanol–water partition coefficient (Wildman–Crippen LogP) is 3.17. The number of hydrogen-bond donors (Lipinski definition) is 2. The third kappa shape index (κ3) is 2.08. The Kier molecular flexibility index (Phi) is 2.95. The van der Waals surface area contributed by atoms with E-state index in [-0.39, 0.29) is 1.43 Å². The average Bonchev–Trinajstić information content (AvgIpc) is 2.85. The number of benzene rings is 1. The Bertz CT molecular complexity index is 586. The van der Waals surface area contributed by atoms with Crippen molar-refractivity contribution in [3.8, 4) is 0 Å². The monoisotopic (exact) mass is 259 g/mol. The van der Waals surface area contributed by atoms with Crippen LogP contribution in [0.3, 0.4) is 0 Å². The van der Waals surface area contributed by atoms with Gasteiger partial charge < -0.3 is 9.47 Å². The van der Waals surface area contributed by atoms with Crippen molar-refractivity contribution in [2.75, 3.05) is 16.9 Å². The van der Waals surface area contributed by atoms with Crippen molar-refractivity contribution in [2.24, 2.45) is 0 Å². The lowest BCUT2D eigenvalue weighted by molar-refractivity contribution is 0.388. The van der Waals surface area contributed by atoms with E-state index in [0.717, 1.165) is 36.4 Å². The Morgan fingerprint density at radius 3 is 2.63 bits per heavy atom. The summed E-state index contributed by atoms with van der Waals surface area (Å²) in [5, 5.41) is 9.14. The van der Waals surface area contributed by atoms with Crippen LogP contribution in [0.4, 0.5) is 11.4 Å². The number of nitrogens with zero attached hydrogens (tertiary/aromatic N) is 2. The maximum atomic E-state index is 9.14. The van der Waals surface area contributed by atoms with Gasteiger partial charge in [-0.15, -0.1) is 0 Å². The lowest BCUT2D eigenvalue weighted by Crippen LogP contribution is -2.33. The molecule has 19 heavy (non-hydrogen) atoms. The molecule has 1 aliphatic heterocycles. The molecule has 0 unspecified atom stereocenters. The zero-order chi connectivity index (χ0) is 13.4. The molecule has 0 fully saturated rings. The molecule has 2 aromatic rings. The summed E-state index contributed by atoms with van der Waals surface area (Å²) in [4.78, 5) is 2.39. The molecule has 2 heterocycles. The van der Waals surface area contributed by atoms with Crippen LogP contribution in [0.2, 0.25) is 0 Å². The summed E-state index contributed by atoms with van der Waals surface area (Å²) in [6, 6.07) is 8.54. The van der Waals surface area contributed by atoms with Gasteiger partial charge in [-0.3, -0.25) is 10.7 Å². The first kappa shape index (κ1) is 12.1. The first-order valence-corrected chi connectivity index (χ1v) is 6.59. The highest BCUT2D eigenvalue weighted by Crippen LogP contribution is 2.28. The zero-order valence-corrected chi connectivity index (χ0v) is 11.3. The molecule has 0 saturated carbocycles. The Morgan fingerprint density at radius 2 is 1.95 bits per heavy atom. The first-order chi connectivity index (χ1) is 9.19. The topological polar surface area (TPSA) is 40.4 Å². The zero-order valence-electron chi connectivity index (χ0n) is 11.3. The third-order valence-electron chi connectivity index (χ3n) is 3.88. The SMILES string of the molecule is Cc1cc(N2CCn3cccc3C2)cc(C)c1NO.[HH]. The van der Waals surface area contributed by atoms with Crippen molar-refractivity contribution >= 4 is 11.4 Å². The Hall–Kier alpha value is -1.94. The normalized spacial score (nSPS) is 14.4. The van der Waals surface area contributed by atoms with Gasteiger partial charge in [-0.2, -0.15) is 0 Å². The van der Waals surface area contributed by atoms with Crippen LogP contribution in [0, 0.1) is 13.8 Å². The molecule has 1 aromatic heterocycles. The molecule has 0 aliphatic carbocycles. The minimum Gasteiger partial charge on any atom is -0.364 e. The summed E-state index contributed by atoms with van der Waals surface area (Å²) >= 11 is 0. The minimum atomic E-state index is 0. The van der Waals surface area contributed by atoms with E-state index in [1.54, 1.807) is 0 Å². The largest absolute Gasteiger partial charge is 0.364 e. The van der Waals surface area contributed by atoms with Crippen LogP contribution in [0.25, 0.3) is 0 Å². The van der Waals surface area contributed by atoms with Gasteiger partial charge in [-0.25, -0.2) is 0 Å². The van der Waals surface area contributed by atoms with Gasteiger partial charge in [0.1, 0.15) is 0 Å². The van der Waals surface area contributed by atoms with Gasteiger partial charge in [-0.1, -0.05) is 0 Å². The van der Waals surface area contributed by atoms with E-state index >= 15 is 0 Å². The molecule has 0 spiro atoms. The first-order valence-electron chi connectivity index (χ1n) is 6.59. The standard InChI is InChI=1S/C15H19N3O.H2/c1-11-8-14(9-12(2)15(11)16-19)18-7-6-17-5-3-4-13(17)10-18;/h3-5,8-9,16,19H,6-7,10H2,1-2H3;1H. The second kappa shape index (κ2) is 4.63. The van der Waals surface area contributed by atoms with E-state index < -0.39 is 0 Å². The number of aryl methyl sites for hydroxylation is 2. The quantitative estimate of drug-likeness (QED) is 0.814. The lowest BCUT2D eigenvalue weighted by atomic mass is 10.1. The average molecular weight is 259 g/mol. The van der Waals surface area contributed by atoms with Crippen molar-refractivity contribution in [1.82, 2.24) is 4.57 Å². The predicted molar refractivity (Wildman–Crippen MR) is 78.9 cm³/mol. The Morgan fingerprint density at radius 1 is 1.21 bits per heavy atom. The van der Waals surface area contributed by atoms with Gasteiger partial charge >= 0.3 is 0 Å². The molecule has 4 heteroatoms. The van der Waals surface area contributed by atoms with Crippen LogP contribution in [0.5, 0.6) is 0 Å². The van der Waals surface area contributed by atoms with E-state index in [1.807, 2.05) is 13.8 Å². The van der Waals surface area contributed by atoms with E-state index in [9.17, 15) is 0 Å². The fourth-order valence-corrected chi connectivity index (χ4v) is 2.83. The van der Waals surface area contributed by atoms with Crippen LogP contribution in [-0.2, 0) is 13.1 Å². The van der Waals surface area contributed by atoms with Crippen LogP contribution < -0.4 is 10.4 Å². The van der Waals surface area contributed by atoms with E-state index in [2.05, 4.69) is 45.4 Å². The molecule has 1 aliphatic rings. The Balaban J connectivity index is 0.00000147. The highest BCUT2D eigenvalue weighted by Gasteiger charge is 2.17. The van der Waals surface area contributed by atoms with Gasteiger partial charge in [0.2, 0.25) is 0 Å². The summed E-state index contributed by atoms with van der Waals surface area (Å²) in [7, 11) is 0. The summed E-state index contributed by atoms with van der Waals surface area (Å²) in [5.74, 6) is 0. The molecule has 4 nitrogen and oxygen atoms in total. The molecule has 0 bridgehead atoms. The van der Waals surface area contributed by atoms with Gasteiger partial charge in [0, 0.05) is 32.1 Å². The highest BCUT2D eigenvalue weighted by molar-refractivity contribution is 5.64. The van der Waals surface area contributed by atoms with Gasteiger partial charge in [-0.05, 0) is 49.2 Å². The number of anilines is 2. The molecule has 102 valence electrons. The second-order valence-electron chi connectivity index (χ2n) is 5.18. The fraction of sp³-hybridized carbons (Fsp3) is 0.333. The number of hydrogen-bond acceptors (Lipinski definition) is 3.